The fourth-order valence-electron chi connectivity index (χ4n) is 3.94. The summed E-state index contributed by atoms with van der Waals surface area (Å²) in [5.41, 5.74) is 3.31. The van der Waals surface area contributed by atoms with Gasteiger partial charge in [0.25, 0.3) is 0 Å². The third-order valence-electron chi connectivity index (χ3n) is 5.84. The number of hydrogen-bond acceptors (Lipinski definition) is 4. The number of nitrogens with zero attached hydrogens (tertiary/aromatic N) is 2. The van der Waals surface area contributed by atoms with Crippen LogP contribution in [0.5, 0.6) is 5.75 Å². The van der Waals surface area contributed by atoms with Gasteiger partial charge in [-0.3, -0.25) is 4.79 Å². The van der Waals surface area contributed by atoms with Gasteiger partial charge in [0.15, 0.2) is 0 Å². The maximum absolute atomic E-state index is 12.9. The van der Waals surface area contributed by atoms with Gasteiger partial charge in [-0.25, -0.2) is 4.79 Å². The highest BCUT2D eigenvalue weighted by molar-refractivity contribution is 6.04. The van der Waals surface area contributed by atoms with E-state index in [1.54, 1.807) is 25.5 Å². The molecular formula is C21H24N4O3. The molecule has 0 spiro atoms. The first-order chi connectivity index (χ1) is 13.4. The highest BCUT2D eigenvalue weighted by atomic mass is 16.5. The van der Waals surface area contributed by atoms with E-state index in [0.29, 0.717) is 22.7 Å². The van der Waals surface area contributed by atoms with Gasteiger partial charge in [-0.1, -0.05) is 18.1 Å². The molecule has 0 aliphatic heterocycles. The Morgan fingerprint density at radius 1 is 1.14 bits per heavy atom. The quantitative estimate of drug-likeness (QED) is 0.539. The van der Waals surface area contributed by atoms with Crippen molar-refractivity contribution in [2.45, 2.75) is 33.6 Å². The van der Waals surface area contributed by atoms with Crippen LogP contribution in [0.25, 0.3) is 21.9 Å². The van der Waals surface area contributed by atoms with E-state index < -0.39 is 11.2 Å². The zero-order valence-electron chi connectivity index (χ0n) is 16.5. The van der Waals surface area contributed by atoms with Gasteiger partial charge in [0, 0.05) is 23.0 Å². The number of fused-ring (bicyclic) bond motifs is 3. The Morgan fingerprint density at radius 3 is 2.64 bits per heavy atom. The van der Waals surface area contributed by atoms with E-state index >= 15 is 0 Å². The van der Waals surface area contributed by atoms with Gasteiger partial charge in [0.2, 0.25) is 0 Å². The number of rotatable bonds is 3. The normalized spacial score (nSPS) is 20.6. The van der Waals surface area contributed by atoms with Crippen LogP contribution in [0.15, 0.2) is 44.0 Å². The van der Waals surface area contributed by atoms with Crippen LogP contribution in [-0.4, -0.2) is 28.0 Å². The second-order valence-electron chi connectivity index (χ2n) is 7.71. The molecule has 2 heterocycles. The minimum Gasteiger partial charge on any atom is -0.497 e. The number of aromatic nitrogens is 3. The zero-order chi connectivity index (χ0) is 20.0. The average molecular weight is 380 g/mol. The predicted octanol–water partition coefficient (Wildman–Crippen LogP) is 3.40. The first-order valence-electron chi connectivity index (χ1n) is 9.43. The predicted molar refractivity (Wildman–Crippen MR) is 111 cm³/mol. The van der Waals surface area contributed by atoms with E-state index in [1.165, 1.54) is 11.1 Å². The number of hydrogen-bond donors (Lipinski definition) is 2. The third-order valence-corrected chi connectivity index (χ3v) is 5.84. The Morgan fingerprint density at radius 2 is 1.89 bits per heavy atom. The standard InChI is InChI=1S/C21H24N4O3/c1-11-7-13(3)14(8-12(11)2)10-22-25-20(26)19-18(24-21(25)27)16-9-15(28-4)5-6-17(16)23-19/h5-6,9-10,13-14,23H,7-8H2,1-4H3,(H,24,27)/b22-10-/t13-,14+/m1/s1. The van der Waals surface area contributed by atoms with Crippen LogP contribution >= 0.6 is 0 Å². The van der Waals surface area contributed by atoms with Crippen molar-refractivity contribution < 1.29 is 4.74 Å². The van der Waals surface area contributed by atoms with Crippen LogP contribution in [-0.2, 0) is 0 Å². The number of aromatic amines is 2. The smallest absolute Gasteiger partial charge is 0.350 e. The summed E-state index contributed by atoms with van der Waals surface area (Å²) < 4.78 is 6.15. The van der Waals surface area contributed by atoms with Crippen molar-refractivity contribution >= 4 is 28.2 Å². The van der Waals surface area contributed by atoms with Crippen molar-refractivity contribution in [1.82, 2.24) is 14.6 Å². The van der Waals surface area contributed by atoms with Gasteiger partial charge in [0.05, 0.1) is 12.6 Å². The molecule has 146 valence electrons. The molecule has 1 aromatic carbocycles. The number of nitrogens with one attached hydrogen (secondary N) is 2. The van der Waals surface area contributed by atoms with Crippen molar-refractivity contribution in [3.8, 4) is 5.75 Å². The Labute approximate surface area is 161 Å². The second kappa shape index (κ2) is 6.82. The molecule has 1 aliphatic rings. The summed E-state index contributed by atoms with van der Waals surface area (Å²) in [6, 6.07) is 5.41. The van der Waals surface area contributed by atoms with E-state index in [0.717, 1.165) is 28.4 Å². The van der Waals surface area contributed by atoms with Gasteiger partial charge >= 0.3 is 11.2 Å². The topological polar surface area (TPSA) is 92.2 Å². The molecule has 2 aromatic heterocycles. The van der Waals surface area contributed by atoms with Gasteiger partial charge in [-0.2, -0.15) is 5.10 Å². The number of H-pyrrole nitrogens is 2. The first kappa shape index (κ1) is 18.3. The summed E-state index contributed by atoms with van der Waals surface area (Å²) in [4.78, 5) is 31.3. The Balaban J connectivity index is 1.79. The van der Waals surface area contributed by atoms with Gasteiger partial charge in [0.1, 0.15) is 11.3 Å². The fourth-order valence-corrected chi connectivity index (χ4v) is 3.94. The maximum atomic E-state index is 12.9. The molecule has 0 radical (unpaired) electrons. The van der Waals surface area contributed by atoms with Crippen LogP contribution < -0.4 is 16.0 Å². The molecule has 7 heteroatoms. The number of methoxy groups -OCH3 is 1. The monoisotopic (exact) mass is 380 g/mol. The Kier molecular flexibility index (Phi) is 4.45. The SMILES string of the molecule is COc1ccc2[nH]c3c(=O)n(/N=C\[C@@H]4CC(C)=C(C)C[C@H]4C)c(=O)[nH]c3c2c1. The summed E-state index contributed by atoms with van der Waals surface area (Å²) in [5, 5.41) is 4.99. The minimum atomic E-state index is -0.552. The van der Waals surface area contributed by atoms with Crippen molar-refractivity contribution in [3.05, 3.63) is 50.2 Å². The van der Waals surface area contributed by atoms with E-state index in [2.05, 4.69) is 35.8 Å². The van der Waals surface area contributed by atoms with Crippen LogP contribution in [0.3, 0.4) is 0 Å². The molecule has 0 amide bonds. The van der Waals surface area contributed by atoms with Crippen LogP contribution in [0, 0.1) is 11.8 Å². The molecule has 4 rings (SSSR count). The highest BCUT2D eigenvalue weighted by Crippen LogP contribution is 2.32. The van der Waals surface area contributed by atoms with Crippen LogP contribution in [0.4, 0.5) is 0 Å². The largest absolute Gasteiger partial charge is 0.497 e. The fraction of sp³-hybridized carbons (Fsp3) is 0.381. The van der Waals surface area contributed by atoms with Crippen molar-refractivity contribution in [3.63, 3.8) is 0 Å². The van der Waals surface area contributed by atoms with Gasteiger partial charge < -0.3 is 14.7 Å². The zero-order valence-corrected chi connectivity index (χ0v) is 16.5. The summed E-state index contributed by atoms with van der Waals surface area (Å²) >= 11 is 0. The lowest BCUT2D eigenvalue weighted by Gasteiger charge is -2.27. The number of benzene rings is 1. The van der Waals surface area contributed by atoms with E-state index in [4.69, 9.17) is 4.74 Å². The summed E-state index contributed by atoms with van der Waals surface area (Å²) in [7, 11) is 1.57. The lowest BCUT2D eigenvalue weighted by atomic mass is 9.78. The second-order valence-corrected chi connectivity index (χ2v) is 7.71. The summed E-state index contributed by atoms with van der Waals surface area (Å²) in [6.45, 7) is 6.47. The van der Waals surface area contributed by atoms with Crippen LogP contribution in [0.1, 0.15) is 33.6 Å². The molecular weight excluding hydrogens is 356 g/mol. The average Bonchev–Trinajstić information content (AvgIpc) is 3.03. The lowest BCUT2D eigenvalue weighted by Crippen LogP contribution is -2.33. The van der Waals surface area contributed by atoms with Crippen LogP contribution in [0.2, 0.25) is 0 Å². The third kappa shape index (κ3) is 2.96. The molecule has 0 saturated heterocycles. The van der Waals surface area contributed by atoms with Crippen molar-refractivity contribution in [2.75, 3.05) is 7.11 Å². The van der Waals surface area contributed by atoms with Gasteiger partial charge in [-0.15, -0.1) is 4.68 Å². The van der Waals surface area contributed by atoms with E-state index in [-0.39, 0.29) is 5.92 Å². The van der Waals surface area contributed by atoms with E-state index in [9.17, 15) is 9.59 Å². The highest BCUT2D eigenvalue weighted by Gasteiger charge is 2.22. The molecule has 2 atom stereocenters. The summed E-state index contributed by atoms with van der Waals surface area (Å²) in [5.74, 6) is 1.28. The molecule has 0 unspecified atom stereocenters. The van der Waals surface area contributed by atoms with E-state index in [1.807, 2.05) is 6.07 Å². The minimum absolute atomic E-state index is 0.206. The van der Waals surface area contributed by atoms with Gasteiger partial charge in [-0.05, 0) is 50.8 Å². The number of ether oxygens (including phenoxy) is 1. The molecule has 0 fully saturated rings. The van der Waals surface area contributed by atoms with Crippen molar-refractivity contribution in [1.29, 1.82) is 0 Å². The maximum Gasteiger partial charge on any atom is 0.350 e. The molecule has 0 saturated carbocycles. The molecule has 3 aromatic rings. The molecule has 0 bridgehead atoms. The first-order valence-corrected chi connectivity index (χ1v) is 9.43. The van der Waals surface area contributed by atoms with Crippen molar-refractivity contribution in [2.24, 2.45) is 16.9 Å². The number of allylic oxidation sites excluding steroid dienone is 2. The lowest BCUT2D eigenvalue weighted by molar-refractivity contribution is 0.415. The Bertz CT molecular complexity index is 1240. The molecule has 1 aliphatic carbocycles. The molecule has 28 heavy (non-hydrogen) atoms. The Hall–Kier alpha value is -3.09. The summed E-state index contributed by atoms with van der Waals surface area (Å²) in [6.07, 6.45) is 3.66. The molecule has 2 N–H and O–H groups in total. The molecule has 7 nitrogen and oxygen atoms in total.